The van der Waals surface area contributed by atoms with E-state index in [9.17, 15) is 18.4 Å². The first-order chi connectivity index (χ1) is 13.4. The largest absolute Gasteiger partial charge is 0.331 e. The zero-order valence-corrected chi connectivity index (χ0v) is 14.9. The molecule has 0 saturated carbocycles. The monoisotopic (exact) mass is 385 g/mol. The molecule has 1 fully saturated rings. The Bertz CT molecular complexity index is 973. The Labute approximate surface area is 159 Å². The van der Waals surface area contributed by atoms with Gasteiger partial charge in [0.2, 0.25) is 5.91 Å². The van der Waals surface area contributed by atoms with E-state index in [-0.39, 0.29) is 24.8 Å². The fraction of sp³-hybridized carbons (Fsp3) is 0.368. The van der Waals surface area contributed by atoms with Gasteiger partial charge >= 0.3 is 0 Å². The Balaban J connectivity index is 1.51. The van der Waals surface area contributed by atoms with Crippen molar-refractivity contribution in [1.82, 2.24) is 19.6 Å². The average molecular weight is 385 g/mol. The van der Waals surface area contributed by atoms with Gasteiger partial charge in [0.15, 0.2) is 0 Å². The Kier molecular flexibility index (Phi) is 4.34. The van der Waals surface area contributed by atoms with Gasteiger partial charge in [0.05, 0.1) is 49.4 Å². The number of likely N-dealkylation sites (tertiary alicyclic amines) is 1. The third-order valence-electron chi connectivity index (χ3n) is 5.02. The van der Waals surface area contributed by atoms with Gasteiger partial charge in [-0.1, -0.05) is 6.07 Å². The van der Waals surface area contributed by atoms with Crippen molar-refractivity contribution < 1.29 is 18.4 Å². The van der Waals surface area contributed by atoms with E-state index in [0.717, 1.165) is 10.6 Å². The highest BCUT2D eigenvalue weighted by molar-refractivity contribution is 5.94. The van der Waals surface area contributed by atoms with Crippen LogP contribution in [-0.2, 0) is 11.3 Å². The first-order valence-corrected chi connectivity index (χ1v) is 8.84. The minimum atomic E-state index is -2.81. The predicted octanol–water partition coefficient (Wildman–Crippen LogP) is 1.82. The summed E-state index contributed by atoms with van der Waals surface area (Å²) in [7, 11) is 0. The van der Waals surface area contributed by atoms with Gasteiger partial charge < -0.3 is 9.80 Å². The first-order valence-electron chi connectivity index (χ1n) is 8.84. The number of aromatic nitrogens is 2. The summed E-state index contributed by atoms with van der Waals surface area (Å²) in [5.74, 6) is -3.44. The van der Waals surface area contributed by atoms with Gasteiger partial charge in [-0.15, -0.1) is 0 Å². The quantitative estimate of drug-likeness (QED) is 0.807. The third-order valence-corrected chi connectivity index (χ3v) is 5.02. The summed E-state index contributed by atoms with van der Waals surface area (Å²) in [6.45, 7) is -0.565. The third kappa shape index (κ3) is 3.33. The molecule has 9 heteroatoms. The van der Waals surface area contributed by atoms with Gasteiger partial charge in [-0.3, -0.25) is 14.3 Å². The van der Waals surface area contributed by atoms with Crippen LogP contribution in [0, 0.1) is 11.3 Å². The molecule has 28 heavy (non-hydrogen) atoms. The topological polar surface area (TPSA) is 82.2 Å². The van der Waals surface area contributed by atoms with Gasteiger partial charge in [-0.25, -0.2) is 8.78 Å². The molecule has 1 atom stereocenters. The van der Waals surface area contributed by atoms with E-state index in [1.807, 2.05) is 6.07 Å². The second-order valence-electron chi connectivity index (χ2n) is 7.11. The second kappa shape index (κ2) is 6.71. The number of carbonyl (C=O) groups is 2. The molecular formula is C19H17F2N5O2. The summed E-state index contributed by atoms with van der Waals surface area (Å²) in [5, 5.41) is 13.3. The number of alkyl halides is 2. The molecule has 0 N–H and O–H groups in total. The summed E-state index contributed by atoms with van der Waals surface area (Å²) < 4.78 is 27.8. The highest BCUT2D eigenvalue weighted by Crippen LogP contribution is 2.30. The summed E-state index contributed by atoms with van der Waals surface area (Å²) in [4.78, 5) is 28.0. The summed E-state index contributed by atoms with van der Waals surface area (Å²) in [6.07, 6.45) is 1.58. The first kappa shape index (κ1) is 18.1. The standard InChI is InChI=1S/C19H17F2N5O2/c20-19(21)11-25(12-19)17(27)7-16-10-24(9-15-4-5-23-26(15)16)18(28)14-3-1-2-13(6-14)8-22/h1-6,16H,7,9-12H2/t16-/m0/s1. The van der Waals surface area contributed by atoms with Gasteiger partial charge in [-0.05, 0) is 24.3 Å². The van der Waals surface area contributed by atoms with E-state index in [4.69, 9.17) is 5.26 Å². The molecule has 0 bridgehead atoms. The zero-order chi connectivity index (χ0) is 19.9. The van der Waals surface area contributed by atoms with Crippen molar-refractivity contribution in [1.29, 1.82) is 5.26 Å². The van der Waals surface area contributed by atoms with Crippen molar-refractivity contribution in [2.24, 2.45) is 0 Å². The van der Waals surface area contributed by atoms with Gasteiger partial charge in [0, 0.05) is 18.3 Å². The van der Waals surface area contributed by atoms with Crippen LogP contribution < -0.4 is 0 Å². The molecule has 1 aromatic heterocycles. The van der Waals surface area contributed by atoms with Crippen LogP contribution in [-0.4, -0.2) is 57.0 Å². The lowest BCUT2D eigenvalue weighted by atomic mass is 10.0. The molecule has 4 rings (SSSR count). The van der Waals surface area contributed by atoms with E-state index < -0.39 is 25.1 Å². The van der Waals surface area contributed by atoms with Crippen LogP contribution in [0.2, 0.25) is 0 Å². The van der Waals surface area contributed by atoms with Crippen LogP contribution in [0.1, 0.15) is 34.1 Å². The second-order valence-corrected chi connectivity index (χ2v) is 7.11. The number of hydrogen-bond acceptors (Lipinski definition) is 4. The summed E-state index contributed by atoms with van der Waals surface area (Å²) in [6, 6.07) is 9.77. The number of nitriles is 1. The average Bonchev–Trinajstić information content (AvgIpc) is 3.14. The van der Waals surface area contributed by atoms with Crippen molar-refractivity contribution in [2.75, 3.05) is 19.6 Å². The van der Waals surface area contributed by atoms with Crippen LogP contribution >= 0.6 is 0 Å². The molecule has 0 aliphatic carbocycles. The number of halogens is 2. The van der Waals surface area contributed by atoms with Crippen molar-refractivity contribution in [3.05, 3.63) is 53.3 Å². The molecule has 1 aromatic carbocycles. The molecule has 2 aliphatic heterocycles. The molecule has 0 spiro atoms. The molecule has 0 unspecified atom stereocenters. The van der Waals surface area contributed by atoms with Crippen molar-refractivity contribution in [3.8, 4) is 6.07 Å². The molecule has 2 aromatic rings. The highest BCUT2D eigenvalue weighted by Gasteiger charge is 2.46. The number of fused-ring (bicyclic) bond motifs is 1. The number of benzene rings is 1. The van der Waals surface area contributed by atoms with E-state index >= 15 is 0 Å². The maximum Gasteiger partial charge on any atom is 0.282 e. The normalized spacial score (nSPS) is 20.1. The van der Waals surface area contributed by atoms with Crippen LogP contribution in [0.25, 0.3) is 0 Å². The number of nitrogens with zero attached hydrogens (tertiary/aromatic N) is 5. The highest BCUT2D eigenvalue weighted by atomic mass is 19.3. The molecule has 7 nitrogen and oxygen atoms in total. The van der Waals surface area contributed by atoms with Crippen LogP contribution in [0.5, 0.6) is 0 Å². The van der Waals surface area contributed by atoms with Crippen LogP contribution in [0.4, 0.5) is 8.78 Å². The van der Waals surface area contributed by atoms with E-state index in [1.54, 1.807) is 40.0 Å². The Morgan fingerprint density at radius 3 is 2.75 bits per heavy atom. The number of hydrogen-bond donors (Lipinski definition) is 0. The summed E-state index contributed by atoms with van der Waals surface area (Å²) in [5.41, 5.74) is 1.54. The molecule has 2 amide bonds. The van der Waals surface area contributed by atoms with Crippen molar-refractivity contribution in [2.45, 2.75) is 24.9 Å². The molecule has 3 heterocycles. The minimum absolute atomic E-state index is 0.00717. The van der Waals surface area contributed by atoms with Crippen LogP contribution in [0.15, 0.2) is 36.5 Å². The Morgan fingerprint density at radius 2 is 2.04 bits per heavy atom. The molecule has 144 valence electrons. The fourth-order valence-electron chi connectivity index (χ4n) is 3.62. The predicted molar refractivity (Wildman–Crippen MR) is 93.3 cm³/mol. The maximum atomic E-state index is 13.0. The molecule has 2 aliphatic rings. The maximum absolute atomic E-state index is 13.0. The van der Waals surface area contributed by atoms with Gasteiger partial charge in [-0.2, -0.15) is 10.4 Å². The lowest BCUT2D eigenvalue weighted by molar-refractivity contribution is -0.166. The SMILES string of the molecule is N#Cc1cccc(C(=O)N2Cc3ccnn3[C@@H](CC(=O)N3CC(F)(F)C3)C2)c1. The van der Waals surface area contributed by atoms with E-state index in [2.05, 4.69) is 5.10 Å². The fourth-order valence-corrected chi connectivity index (χ4v) is 3.62. The Morgan fingerprint density at radius 1 is 1.25 bits per heavy atom. The number of rotatable bonds is 3. The number of amides is 2. The lowest BCUT2D eigenvalue weighted by Crippen LogP contribution is -2.59. The van der Waals surface area contributed by atoms with Crippen LogP contribution in [0.3, 0.4) is 0 Å². The van der Waals surface area contributed by atoms with E-state index in [0.29, 0.717) is 17.7 Å². The smallest absolute Gasteiger partial charge is 0.282 e. The molecule has 1 saturated heterocycles. The Hall–Kier alpha value is -3.28. The lowest BCUT2D eigenvalue weighted by Gasteiger charge is -2.40. The van der Waals surface area contributed by atoms with Gasteiger partial charge in [0.25, 0.3) is 11.8 Å². The summed E-state index contributed by atoms with van der Waals surface area (Å²) >= 11 is 0. The van der Waals surface area contributed by atoms with Gasteiger partial charge in [0.1, 0.15) is 0 Å². The molecular weight excluding hydrogens is 368 g/mol. The zero-order valence-electron chi connectivity index (χ0n) is 14.9. The molecule has 0 radical (unpaired) electrons. The van der Waals surface area contributed by atoms with Crippen molar-refractivity contribution in [3.63, 3.8) is 0 Å². The number of carbonyl (C=O) groups excluding carboxylic acids is 2. The van der Waals surface area contributed by atoms with Crippen molar-refractivity contribution >= 4 is 11.8 Å². The van der Waals surface area contributed by atoms with E-state index in [1.165, 1.54) is 6.07 Å². The minimum Gasteiger partial charge on any atom is -0.331 e.